The van der Waals surface area contributed by atoms with Crippen molar-refractivity contribution in [1.29, 1.82) is 0 Å². The normalized spacial score (nSPS) is 10.4. The molecule has 3 aromatic rings. The summed E-state index contributed by atoms with van der Waals surface area (Å²) in [7, 11) is 0. The van der Waals surface area contributed by atoms with E-state index in [-0.39, 0.29) is 5.91 Å². The van der Waals surface area contributed by atoms with Crippen LogP contribution in [0.5, 0.6) is 0 Å². The Labute approximate surface area is 124 Å². The molecular formula is C15H10BrN3O. The van der Waals surface area contributed by atoms with Crippen LogP contribution in [0.2, 0.25) is 0 Å². The standard InChI is InChI=1S/C15H10BrN3O/c16-14-11(4-2-7-18-14)15(20)19-13-5-1-3-10-6-8-17-9-12(10)13/h1-9H,(H,19,20). The fourth-order valence-corrected chi connectivity index (χ4v) is 2.40. The van der Waals surface area contributed by atoms with Crippen molar-refractivity contribution >= 4 is 38.3 Å². The largest absolute Gasteiger partial charge is 0.321 e. The Balaban J connectivity index is 1.98. The number of hydrogen-bond acceptors (Lipinski definition) is 3. The van der Waals surface area contributed by atoms with E-state index in [0.717, 1.165) is 16.5 Å². The molecule has 0 fully saturated rings. The summed E-state index contributed by atoms with van der Waals surface area (Å²) in [6, 6.07) is 11.1. The average Bonchev–Trinajstić information content (AvgIpc) is 2.48. The number of anilines is 1. The number of hydrogen-bond donors (Lipinski definition) is 1. The van der Waals surface area contributed by atoms with Crippen LogP contribution in [0, 0.1) is 0 Å². The molecule has 3 rings (SSSR count). The Kier molecular flexibility index (Phi) is 3.43. The van der Waals surface area contributed by atoms with Gasteiger partial charge in [-0.3, -0.25) is 9.78 Å². The van der Waals surface area contributed by atoms with Gasteiger partial charge in [0.15, 0.2) is 0 Å². The summed E-state index contributed by atoms with van der Waals surface area (Å²) >= 11 is 3.28. The number of aromatic nitrogens is 2. The van der Waals surface area contributed by atoms with E-state index < -0.39 is 0 Å². The number of rotatable bonds is 2. The second-order valence-corrected chi connectivity index (χ2v) is 4.95. The molecule has 0 aliphatic carbocycles. The molecule has 5 heteroatoms. The van der Waals surface area contributed by atoms with Crippen LogP contribution in [0.25, 0.3) is 10.8 Å². The third-order valence-electron chi connectivity index (χ3n) is 2.94. The lowest BCUT2D eigenvalue weighted by molar-refractivity contribution is 0.102. The van der Waals surface area contributed by atoms with E-state index in [1.54, 1.807) is 30.7 Å². The lowest BCUT2D eigenvalue weighted by Gasteiger charge is -2.09. The lowest BCUT2D eigenvalue weighted by Crippen LogP contribution is -2.13. The number of nitrogens with zero attached hydrogens (tertiary/aromatic N) is 2. The molecule has 0 unspecified atom stereocenters. The summed E-state index contributed by atoms with van der Waals surface area (Å²) in [4.78, 5) is 20.4. The number of halogens is 1. The maximum absolute atomic E-state index is 12.3. The van der Waals surface area contributed by atoms with Crippen molar-refractivity contribution in [3.8, 4) is 0 Å². The number of carbonyl (C=O) groups excluding carboxylic acids is 1. The highest BCUT2D eigenvalue weighted by Crippen LogP contribution is 2.23. The van der Waals surface area contributed by atoms with E-state index in [0.29, 0.717) is 10.2 Å². The highest BCUT2D eigenvalue weighted by Gasteiger charge is 2.11. The van der Waals surface area contributed by atoms with Crippen LogP contribution in [-0.4, -0.2) is 15.9 Å². The van der Waals surface area contributed by atoms with E-state index in [9.17, 15) is 4.79 Å². The van der Waals surface area contributed by atoms with E-state index in [4.69, 9.17) is 0 Å². The van der Waals surface area contributed by atoms with Crippen LogP contribution >= 0.6 is 15.9 Å². The van der Waals surface area contributed by atoms with Crippen LogP contribution < -0.4 is 5.32 Å². The fourth-order valence-electron chi connectivity index (χ4n) is 1.97. The molecule has 0 spiro atoms. The van der Waals surface area contributed by atoms with Crippen LogP contribution in [-0.2, 0) is 0 Å². The zero-order chi connectivity index (χ0) is 13.9. The Morgan fingerprint density at radius 1 is 1.10 bits per heavy atom. The molecule has 0 saturated heterocycles. The third-order valence-corrected chi connectivity index (χ3v) is 3.57. The maximum atomic E-state index is 12.3. The Morgan fingerprint density at radius 2 is 2.00 bits per heavy atom. The number of fused-ring (bicyclic) bond motifs is 1. The molecule has 0 saturated carbocycles. The van der Waals surface area contributed by atoms with Crippen LogP contribution in [0.3, 0.4) is 0 Å². The molecule has 2 aromatic heterocycles. The number of carbonyl (C=O) groups is 1. The first-order valence-corrected chi connectivity index (χ1v) is 6.79. The number of amides is 1. The van der Waals surface area contributed by atoms with Gasteiger partial charge in [0.25, 0.3) is 5.91 Å². The molecule has 0 aliphatic heterocycles. The maximum Gasteiger partial charge on any atom is 0.258 e. The van der Waals surface area contributed by atoms with Gasteiger partial charge in [0, 0.05) is 24.0 Å². The highest BCUT2D eigenvalue weighted by atomic mass is 79.9. The quantitative estimate of drug-likeness (QED) is 0.731. The molecule has 0 atom stereocenters. The predicted molar refractivity (Wildman–Crippen MR) is 81.6 cm³/mol. The van der Waals surface area contributed by atoms with Crippen molar-refractivity contribution in [3.63, 3.8) is 0 Å². The summed E-state index contributed by atoms with van der Waals surface area (Å²) in [5, 5.41) is 4.83. The molecule has 20 heavy (non-hydrogen) atoms. The SMILES string of the molecule is O=C(Nc1cccc2ccncc12)c1cccnc1Br. The third kappa shape index (κ3) is 2.40. The van der Waals surface area contributed by atoms with E-state index >= 15 is 0 Å². The fraction of sp³-hybridized carbons (Fsp3) is 0. The molecule has 2 heterocycles. The summed E-state index contributed by atoms with van der Waals surface area (Å²) in [6.45, 7) is 0. The van der Waals surface area contributed by atoms with Crippen molar-refractivity contribution in [2.75, 3.05) is 5.32 Å². The first-order chi connectivity index (χ1) is 9.75. The van der Waals surface area contributed by atoms with Gasteiger partial charge < -0.3 is 5.32 Å². The monoisotopic (exact) mass is 327 g/mol. The van der Waals surface area contributed by atoms with Crippen molar-refractivity contribution in [1.82, 2.24) is 9.97 Å². The number of nitrogens with one attached hydrogen (secondary N) is 1. The summed E-state index contributed by atoms with van der Waals surface area (Å²) in [5.74, 6) is -0.207. The highest BCUT2D eigenvalue weighted by molar-refractivity contribution is 9.10. The smallest absolute Gasteiger partial charge is 0.258 e. The summed E-state index contributed by atoms with van der Waals surface area (Å²) in [5.41, 5.74) is 1.23. The Morgan fingerprint density at radius 3 is 2.85 bits per heavy atom. The van der Waals surface area contributed by atoms with Gasteiger partial charge in [-0.15, -0.1) is 0 Å². The van der Waals surface area contributed by atoms with Gasteiger partial charge in [0.05, 0.1) is 11.3 Å². The van der Waals surface area contributed by atoms with E-state index in [2.05, 4.69) is 31.2 Å². The predicted octanol–water partition coefficient (Wildman–Crippen LogP) is 3.64. The van der Waals surface area contributed by atoms with Gasteiger partial charge in [0.2, 0.25) is 0 Å². The van der Waals surface area contributed by atoms with Crippen molar-refractivity contribution in [2.24, 2.45) is 0 Å². The average molecular weight is 328 g/mol. The van der Waals surface area contributed by atoms with Crippen molar-refractivity contribution in [2.45, 2.75) is 0 Å². The Hall–Kier alpha value is -2.27. The van der Waals surface area contributed by atoms with Crippen molar-refractivity contribution in [3.05, 3.63) is 65.2 Å². The molecule has 1 N–H and O–H groups in total. The molecular weight excluding hydrogens is 318 g/mol. The van der Waals surface area contributed by atoms with Crippen LogP contribution in [0.4, 0.5) is 5.69 Å². The minimum atomic E-state index is -0.207. The van der Waals surface area contributed by atoms with Gasteiger partial charge in [-0.05, 0) is 45.6 Å². The minimum absolute atomic E-state index is 0.207. The molecule has 0 bridgehead atoms. The molecule has 98 valence electrons. The molecule has 0 radical (unpaired) electrons. The Bertz CT molecular complexity index is 783. The number of pyridine rings is 2. The van der Waals surface area contributed by atoms with Gasteiger partial charge in [-0.25, -0.2) is 4.98 Å². The van der Waals surface area contributed by atoms with Crippen LogP contribution in [0.15, 0.2) is 59.6 Å². The first kappa shape index (κ1) is 12.7. The topological polar surface area (TPSA) is 54.9 Å². The summed E-state index contributed by atoms with van der Waals surface area (Å²) < 4.78 is 0.524. The molecule has 0 aliphatic rings. The van der Waals surface area contributed by atoms with Crippen LogP contribution in [0.1, 0.15) is 10.4 Å². The van der Waals surface area contributed by atoms with Crippen molar-refractivity contribution < 1.29 is 4.79 Å². The van der Waals surface area contributed by atoms with Gasteiger partial charge in [0.1, 0.15) is 4.60 Å². The minimum Gasteiger partial charge on any atom is -0.321 e. The van der Waals surface area contributed by atoms with Gasteiger partial charge >= 0.3 is 0 Å². The van der Waals surface area contributed by atoms with E-state index in [1.807, 2.05) is 24.3 Å². The van der Waals surface area contributed by atoms with Gasteiger partial charge in [-0.1, -0.05) is 12.1 Å². The van der Waals surface area contributed by atoms with Gasteiger partial charge in [-0.2, -0.15) is 0 Å². The second-order valence-electron chi connectivity index (χ2n) is 4.20. The zero-order valence-electron chi connectivity index (χ0n) is 10.4. The second kappa shape index (κ2) is 5.38. The lowest BCUT2D eigenvalue weighted by atomic mass is 10.1. The molecule has 1 aromatic carbocycles. The molecule has 4 nitrogen and oxygen atoms in total. The molecule has 1 amide bonds. The zero-order valence-corrected chi connectivity index (χ0v) is 12.0. The summed E-state index contributed by atoms with van der Waals surface area (Å²) in [6.07, 6.45) is 5.09. The first-order valence-electron chi connectivity index (χ1n) is 6.00. The van der Waals surface area contributed by atoms with E-state index in [1.165, 1.54) is 0 Å². The number of benzene rings is 1.